The number of amides is 2. The lowest BCUT2D eigenvalue weighted by atomic mass is 9.94. The molecular weight excluding hydrogens is 454 g/mol. The Morgan fingerprint density at radius 1 is 0.941 bits per heavy atom. The van der Waals surface area contributed by atoms with Gasteiger partial charge >= 0.3 is 11.9 Å². The molecule has 12 N–H and O–H groups in total. The molecule has 0 spiro atoms. The molecule has 3 atom stereocenters. The van der Waals surface area contributed by atoms with Crippen molar-refractivity contribution >= 4 is 41.3 Å². The highest BCUT2D eigenvalue weighted by molar-refractivity contribution is 6.26. The third-order valence-electron chi connectivity index (χ3n) is 4.30. The number of carboxylic acids is 2. The highest BCUT2D eigenvalue weighted by Crippen LogP contribution is 2.13. The van der Waals surface area contributed by atoms with Crippen LogP contribution in [0.2, 0.25) is 0 Å². The number of nitrogens with zero attached hydrogens (tertiary/aromatic N) is 1. The van der Waals surface area contributed by atoms with Crippen molar-refractivity contribution < 1.29 is 39.0 Å². The van der Waals surface area contributed by atoms with Crippen LogP contribution >= 0.6 is 0 Å². The molecule has 190 valence electrons. The van der Waals surface area contributed by atoms with Gasteiger partial charge in [-0.15, -0.1) is 0 Å². The predicted octanol–water partition coefficient (Wildman–Crippen LogP) is -3.32. The smallest absolute Gasteiger partial charge is 0.311 e. The van der Waals surface area contributed by atoms with E-state index in [1.165, 1.54) is 6.92 Å². The molecule has 2 amide bonds. The number of aliphatic imine (C=N–C) groups is 1. The molecule has 0 aromatic heterocycles. The van der Waals surface area contributed by atoms with E-state index in [1.807, 2.05) is 0 Å². The Bertz CT molecular complexity index is 880. The molecule has 0 aliphatic heterocycles. The predicted molar refractivity (Wildman–Crippen MR) is 119 cm³/mol. The van der Waals surface area contributed by atoms with Crippen LogP contribution < -0.4 is 33.6 Å². The van der Waals surface area contributed by atoms with Crippen molar-refractivity contribution in [1.29, 1.82) is 0 Å². The molecule has 0 aliphatic rings. The number of carboxylic acid groups (broad SMARTS) is 2. The van der Waals surface area contributed by atoms with E-state index >= 15 is 0 Å². The van der Waals surface area contributed by atoms with Gasteiger partial charge in [-0.1, -0.05) is 0 Å². The van der Waals surface area contributed by atoms with Crippen LogP contribution in [0, 0.1) is 0 Å². The maximum Gasteiger partial charge on any atom is 0.311 e. The fraction of sp³-hybridized carbons (Fsp3) is 0.526. The minimum absolute atomic E-state index is 0.114. The summed E-state index contributed by atoms with van der Waals surface area (Å²) in [5.41, 5.74) is 20.6. The first-order chi connectivity index (χ1) is 15.7. The van der Waals surface area contributed by atoms with Gasteiger partial charge in [0, 0.05) is 12.1 Å². The largest absolute Gasteiger partial charge is 0.481 e. The van der Waals surface area contributed by atoms with E-state index in [2.05, 4.69) is 15.6 Å². The fourth-order valence-electron chi connectivity index (χ4n) is 2.69. The average molecular weight is 485 g/mol. The lowest BCUT2D eigenvalue weighted by Crippen LogP contribution is -2.52. The average Bonchev–Trinajstić information content (AvgIpc) is 2.68. The summed E-state index contributed by atoms with van der Waals surface area (Å²) >= 11 is 0. The Morgan fingerprint density at radius 3 is 2.03 bits per heavy atom. The number of carbonyl (C=O) groups is 6. The maximum atomic E-state index is 12.7. The number of guanidine groups is 1. The van der Waals surface area contributed by atoms with Gasteiger partial charge in [0.1, 0.15) is 6.42 Å². The van der Waals surface area contributed by atoms with Gasteiger partial charge < -0.3 is 43.8 Å². The van der Waals surface area contributed by atoms with Crippen molar-refractivity contribution in [2.45, 2.75) is 57.8 Å². The first-order valence-electron chi connectivity index (χ1n) is 10.1. The summed E-state index contributed by atoms with van der Waals surface area (Å²) in [4.78, 5) is 75.1. The molecule has 0 heterocycles. The molecular formula is C19H31N7O8. The van der Waals surface area contributed by atoms with Crippen LogP contribution in [-0.4, -0.2) is 76.3 Å². The van der Waals surface area contributed by atoms with Gasteiger partial charge in [0.05, 0.1) is 30.2 Å². The van der Waals surface area contributed by atoms with Gasteiger partial charge in [0.25, 0.3) is 5.91 Å². The molecule has 0 aromatic rings. The van der Waals surface area contributed by atoms with E-state index in [0.29, 0.717) is 6.42 Å². The number of rotatable bonds is 15. The zero-order chi connectivity index (χ0) is 26.6. The minimum atomic E-state index is -1.53. The molecule has 0 fully saturated rings. The van der Waals surface area contributed by atoms with E-state index in [9.17, 15) is 28.8 Å². The van der Waals surface area contributed by atoms with Crippen molar-refractivity contribution in [3.05, 3.63) is 11.1 Å². The van der Waals surface area contributed by atoms with Crippen LogP contribution in [0.1, 0.15) is 39.5 Å². The summed E-state index contributed by atoms with van der Waals surface area (Å²) in [6, 6.07) is -2.53. The van der Waals surface area contributed by atoms with Crippen LogP contribution in [0.3, 0.4) is 0 Å². The monoisotopic (exact) mass is 485 g/mol. The summed E-state index contributed by atoms with van der Waals surface area (Å²) in [5.74, 6) is -6.93. The Morgan fingerprint density at radius 2 is 1.53 bits per heavy atom. The second-order valence-electron chi connectivity index (χ2n) is 7.32. The number of ketones is 2. The van der Waals surface area contributed by atoms with Crippen LogP contribution in [-0.2, 0) is 28.8 Å². The number of Topliss-reactive ketones (excluding diaryl/α,β-unsaturated/α-hetero) is 2. The molecule has 0 rings (SSSR count). The Hall–Kier alpha value is -3.85. The standard InChI is InChI=1S/C19H31N7O8/c1-8(16(32)10(20)4-3-5-24-19(22)23)15(12(27)7-14(30)31)18(34)26-9(2)25-17(33)11(21)6-13(28)29/h9-11H,3-7,20-21H2,1-2H3,(H,25,33)(H,26,34)(H,28,29)(H,30,31)(H4,22,23,24)/t9?,10-,11-/m0/s1. The summed E-state index contributed by atoms with van der Waals surface area (Å²) in [5, 5.41) is 22.1. The molecule has 15 heteroatoms. The third-order valence-corrected chi connectivity index (χ3v) is 4.30. The lowest BCUT2D eigenvalue weighted by molar-refractivity contribution is -0.140. The van der Waals surface area contributed by atoms with Gasteiger partial charge in [-0.2, -0.15) is 0 Å². The molecule has 0 aliphatic carbocycles. The van der Waals surface area contributed by atoms with Gasteiger partial charge in [-0.3, -0.25) is 33.8 Å². The molecule has 34 heavy (non-hydrogen) atoms. The van der Waals surface area contributed by atoms with Crippen molar-refractivity contribution in [2.24, 2.45) is 27.9 Å². The molecule has 0 saturated carbocycles. The molecule has 0 bridgehead atoms. The van der Waals surface area contributed by atoms with Crippen molar-refractivity contribution in [2.75, 3.05) is 6.54 Å². The molecule has 0 aromatic carbocycles. The summed E-state index contributed by atoms with van der Waals surface area (Å²) in [6.07, 6.45) is -2.45. The van der Waals surface area contributed by atoms with Gasteiger partial charge in [0.2, 0.25) is 5.91 Å². The Kier molecular flexibility index (Phi) is 12.7. The Labute approximate surface area is 195 Å². The zero-order valence-electron chi connectivity index (χ0n) is 18.9. The maximum absolute atomic E-state index is 12.7. The lowest BCUT2D eigenvalue weighted by Gasteiger charge is -2.20. The highest BCUT2D eigenvalue weighted by Gasteiger charge is 2.29. The van der Waals surface area contributed by atoms with Crippen LogP contribution in [0.5, 0.6) is 0 Å². The quantitative estimate of drug-likeness (QED) is 0.0215. The van der Waals surface area contributed by atoms with Crippen molar-refractivity contribution in [3.8, 4) is 0 Å². The van der Waals surface area contributed by atoms with Crippen LogP contribution in [0.25, 0.3) is 0 Å². The van der Waals surface area contributed by atoms with E-state index in [-0.39, 0.29) is 24.5 Å². The number of hydrogen-bond acceptors (Lipinski definition) is 9. The van der Waals surface area contributed by atoms with E-state index in [0.717, 1.165) is 6.92 Å². The first-order valence-corrected chi connectivity index (χ1v) is 10.1. The number of carbonyl (C=O) groups excluding carboxylic acids is 4. The normalized spacial score (nSPS) is 14.0. The SMILES string of the molecule is CC(C(=O)[C@@H](N)CCCN=C(N)N)=C(C(=O)CC(=O)O)C(=O)NC(C)NC(=O)[C@@H](N)CC(=O)O. The number of nitrogens with one attached hydrogen (secondary N) is 2. The van der Waals surface area contributed by atoms with E-state index in [4.69, 9.17) is 33.1 Å². The summed E-state index contributed by atoms with van der Waals surface area (Å²) in [7, 11) is 0. The first kappa shape index (κ1) is 30.1. The molecule has 15 nitrogen and oxygen atoms in total. The number of aliphatic carboxylic acids is 2. The third kappa shape index (κ3) is 11.1. The summed E-state index contributed by atoms with van der Waals surface area (Å²) in [6.45, 7) is 2.63. The Balaban J connectivity index is 5.58. The van der Waals surface area contributed by atoms with Gasteiger partial charge in [-0.25, -0.2) is 0 Å². The van der Waals surface area contributed by atoms with Gasteiger partial charge in [0.15, 0.2) is 17.5 Å². The van der Waals surface area contributed by atoms with Crippen LogP contribution in [0.15, 0.2) is 16.1 Å². The zero-order valence-corrected chi connectivity index (χ0v) is 18.9. The second kappa shape index (κ2) is 14.3. The van der Waals surface area contributed by atoms with E-state index in [1.54, 1.807) is 0 Å². The van der Waals surface area contributed by atoms with Crippen molar-refractivity contribution in [3.63, 3.8) is 0 Å². The van der Waals surface area contributed by atoms with E-state index < -0.39 is 72.0 Å². The van der Waals surface area contributed by atoms with Crippen LogP contribution in [0.4, 0.5) is 0 Å². The topological polar surface area (TPSA) is 283 Å². The molecule has 0 radical (unpaired) electrons. The highest BCUT2D eigenvalue weighted by atomic mass is 16.4. The van der Waals surface area contributed by atoms with Crippen molar-refractivity contribution in [1.82, 2.24) is 10.6 Å². The molecule has 0 saturated heterocycles. The second-order valence-corrected chi connectivity index (χ2v) is 7.32. The number of hydrogen-bond donors (Lipinski definition) is 8. The fourth-order valence-corrected chi connectivity index (χ4v) is 2.69. The van der Waals surface area contributed by atoms with Gasteiger partial charge in [-0.05, 0) is 26.7 Å². The number of nitrogens with two attached hydrogens (primary N) is 4. The summed E-state index contributed by atoms with van der Waals surface area (Å²) < 4.78 is 0. The minimum Gasteiger partial charge on any atom is -0.481 e. The molecule has 1 unspecified atom stereocenters.